The molecule has 19 heavy (non-hydrogen) atoms. The summed E-state index contributed by atoms with van der Waals surface area (Å²) < 4.78 is 10.9. The molecular weight excluding hydrogens is 238 g/mol. The summed E-state index contributed by atoms with van der Waals surface area (Å²) in [5, 5.41) is 3.33. The zero-order valence-electron chi connectivity index (χ0n) is 12.3. The van der Waals surface area contributed by atoms with E-state index in [-0.39, 0.29) is 0 Å². The first kappa shape index (κ1) is 16.2. The molecule has 108 valence electrons. The van der Waals surface area contributed by atoms with Crippen LogP contribution in [0.3, 0.4) is 0 Å². The van der Waals surface area contributed by atoms with E-state index in [1.807, 2.05) is 0 Å². The summed E-state index contributed by atoms with van der Waals surface area (Å²) in [5.74, 6) is 0. The largest absolute Gasteiger partial charge is 0.379 e. The molecule has 0 heterocycles. The van der Waals surface area contributed by atoms with Gasteiger partial charge in [0.2, 0.25) is 0 Å². The van der Waals surface area contributed by atoms with E-state index < -0.39 is 0 Å². The number of hydrogen-bond acceptors (Lipinski definition) is 3. The molecule has 1 rings (SSSR count). The van der Waals surface area contributed by atoms with Gasteiger partial charge < -0.3 is 14.8 Å². The van der Waals surface area contributed by atoms with Crippen molar-refractivity contribution in [2.45, 2.75) is 33.3 Å². The first-order chi connectivity index (χ1) is 9.36. The second kappa shape index (κ2) is 11.0. The fourth-order valence-corrected chi connectivity index (χ4v) is 1.77. The van der Waals surface area contributed by atoms with E-state index in [4.69, 9.17) is 9.47 Å². The second-order valence-electron chi connectivity index (χ2n) is 4.59. The maximum atomic E-state index is 5.57. The Kier molecular flexibility index (Phi) is 9.33. The molecule has 0 aromatic heterocycles. The van der Waals surface area contributed by atoms with Crippen LogP contribution >= 0.6 is 0 Å². The summed E-state index contributed by atoms with van der Waals surface area (Å²) in [6.07, 6.45) is 2.15. The fourth-order valence-electron chi connectivity index (χ4n) is 1.77. The lowest BCUT2D eigenvalue weighted by Gasteiger charge is -2.07. The average molecular weight is 265 g/mol. The monoisotopic (exact) mass is 265 g/mol. The number of hydrogen-bond donors (Lipinski definition) is 1. The Morgan fingerprint density at radius 2 is 1.58 bits per heavy atom. The molecule has 0 aliphatic rings. The van der Waals surface area contributed by atoms with Crippen LogP contribution in [0.15, 0.2) is 24.3 Å². The second-order valence-corrected chi connectivity index (χ2v) is 4.59. The maximum absolute atomic E-state index is 5.57. The minimum Gasteiger partial charge on any atom is -0.379 e. The molecule has 0 unspecified atom stereocenters. The third-order valence-corrected chi connectivity index (χ3v) is 2.85. The van der Waals surface area contributed by atoms with Gasteiger partial charge in [0.25, 0.3) is 0 Å². The van der Waals surface area contributed by atoms with Crippen molar-refractivity contribution < 1.29 is 9.47 Å². The van der Waals surface area contributed by atoms with Gasteiger partial charge in [-0.05, 0) is 37.1 Å². The Morgan fingerprint density at radius 3 is 2.26 bits per heavy atom. The quantitative estimate of drug-likeness (QED) is 0.624. The maximum Gasteiger partial charge on any atom is 0.0718 e. The van der Waals surface area contributed by atoms with E-state index >= 15 is 0 Å². The molecule has 1 aromatic rings. The van der Waals surface area contributed by atoms with Crippen molar-refractivity contribution in [3.63, 3.8) is 0 Å². The predicted molar refractivity (Wildman–Crippen MR) is 79.5 cm³/mol. The molecule has 0 atom stereocenters. The van der Waals surface area contributed by atoms with Crippen molar-refractivity contribution in [2.24, 2.45) is 0 Å². The highest BCUT2D eigenvalue weighted by Gasteiger charge is 1.96. The molecule has 0 aliphatic carbocycles. The van der Waals surface area contributed by atoms with Crippen LogP contribution in [-0.4, -0.2) is 32.9 Å². The average Bonchev–Trinajstić information content (AvgIpc) is 2.44. The van der Waals surface area contributed by atoms with Crippen LogP contribution in [0.5, 0.6) is 0 Å². The van der Waals surface area contributed by atoms with Crippen LogP contribution < -0.4 is 5.32 Å². The van der Waals surface area contributed by atoms with Crippen LogP contribution in [-0.2, 0) is 22.5 Å². The van der Waals surface area contributed by atoms with Gasteiger partial charge in [-0.15, -0.1) is 0 Å². The van der Waals surface area contributed by atoms with Gasteiger partial charge in [-0.25, -0.2) is 0 Å². The predicted octanol–water partition coefficient (Wildman–Crippen LogP) is 2.78. The first-order valence-electron chi connectivity index (χ1n) is 7.30. The van der Waals surface area contributed by atoms with Crippen LogP contribution in [0, 0.1) is 0 Å². The van der Waals surface area contributed by atoms with E-state index in [0.29, 0.717) is 19.8 Å². The fraction of sp³-hybridized carbons (Fsp3) is 0.625. The van der Waals surface area contributed by atoms with Crippen molar-refractivity contribution in [3.8, 4) is 0 Å². The van der Waals surface area contributed by atoms with Gasteiger partial charge in [0.15, 0.2) is 0 Å². The Balaban J connectivity index is 2.13. The molecule has 0 bridgehead atoms. The van der Waals surface area contributed by atoms with Gasteiger partial charge >= 0.3 is 0 Å². The first-order valence-corrected chi connectivity index (χ1v) is 7.30. The smallest absolute Gasteiger partial charge is 0.0718 e. The Morgan fingerprint density at radius 1 is 0.895 bits per heavy atom. The highest BCUT2D eigenvalue weighted by molar-refractivity contribution is 5.22. The molecule has 1 N–H and O–H groups in total. The lowest BCUT2D eigenvalue weighted by atomic mass is 10.1. The van der Waals surface area contributed by atoms with Crippen molar-refractivity contribution >= 4 is 0 Å². The molecule has 0 spiro atoms. The number of rotatable bonds is 11. The summed E-state index contributed by atoms with van der Waals surface area (Å²) in [4.78, 5) is 0. The van der Waals surface area contributed by atoms with Crippen LogP contribution in [0.25, 0.3) is 0 Å². The van der Waals surface area contributed by atoms with Crippen molar-refractivity contribution in [1.29, 1.82) is 0 Å². The molecule has 0 radical (unpaired) electrons. The summed E-state index contributed by atoms with van der Waals surface area (Å²) in [6.45, 7) is 9.17. The molecule has 0 aliphatic heterocycles. The summed E-state index contributed by atoms with van der Waals surface area (Å²) in [5.41, 5.74) is 2.60. The molecule has 0 saturated carbocycles. The van der Waals surface area contributed by atoms with E-state index in [9.17, 15) is 0 Å². The van der Waals surface area contributed by atoms with Gasteiger partial charge in [-0.3, -0.25) is 0 Å². The molecule has 0 amide bonds. The molecule has 0 saturated heterocycles. The lowest BCUT2D eigenvalue weighted by molar-refractivity contribution is 0.0408. The van der Waals surface area contributed by atoms with Crippen LogP contribution in [0.1, 0.15) is 31.4 Å². The Labute approximate surface area is 117 Å². The molecular formula is C16H27NO2. The molecule has 0 fully saturated rings. The number of ether oxygens (including phenoxy) is 2. The topological polar surface area (TPSA) is 30.5 Å². The molecule has 3 heteroatoms. The van der Waals surface area contributed by atoms with Gasteiger partial charge in [0, 0.05) is 6.61 Å². The minimum atomic E-state index is 0.669. The van der Waals surface area contributed by atoms with Gasteiger partial charge in [-0.2, -0.15) is 0 Å². The van der Waals surface area contributed by atoms with Gasteiger partial charge in [-0.1, -0.05) is 38.1 Å². The zero-order chi connectivity index (χ0) is 13.8. The number of benzene rings is 1. The number of nitrogens with one attached hydrogen (secondary N) is 1. The van der Waals surface area contributed by atoms with Crippen molar-refractivity contribution in [2.75, 3.05) is 32.9 Å². The van der Waals surface area contributed by atoms with Gasteiger partial charge in [0.05, 0.1) is 19.8 Å². The number of likely N-dealkylation sites (N-methyl/N-ethyl adjacent to an activating group) is 1. The van der Waals surface area contributed by atoms with Crippen LogP contribution in [0.2, 0.25) is 0 Å². The van der Waals surface area contributed by atoms with Crippen molar-refractivity contribution in [3.05, 3.63) is 35.4 Å². The molecule has 3 nitrogen and oxygen atoms in total. The van der Waals surface area contributed by atoms with Gasteiger partial charge in [0.1, 0.15) is 0 Å². The van der Waals surface area contributed by atoms with E-state index in [0.717, 1.165) is 32.5 Å². The molecule has 1 aromatic carbocycles. The minimum absolute atomic E-state index is 0.669. The summed E-state index contributed by atoms with van der Waals surface area (Å²) in [7, 11) is 0. The highest BCUT2D eigenvalue weighted by atomic mass is 16.5. The lowest BCUT2D eigenvalue weighted by Crippen LogP contribution is -2.15. The van der Waals surface area contributed by atoms with E-state index in [1.165, 1.54) is 11.1 Å². The Hall–Kier alpha value is -0.900. The highest BCUT2D eigenvalue weighted by Crippen LogP contribution is 2.06. The Bertz CT molecular complexity index is 311. The van der Waals surface area contributed by atoms with E-state index in [2.05, 4.69) is 43.4 Å². The SMILES string of the molecule is CCCOCCOCc1ccc(CCNCC)cc1. The van der Waals surface area contributed by atoms with Crippen LogP contribution in [0.4, 0.5) is 0 Å². The third kappa shape index (κ3) is 7.98. The zero-order valence-corrected chi connectivity index (χ0v) is 12.3. The normalized spacial score (nSPS) is 10.8. The third-order valence-electron chi connectivity index (χ3n) is 2.85. The van der Waals surface area contributed by atoms with Crippen molar-refractivity contribution in [1.82, 2.24) is 5.32 Å². The van der Waals surface area contributed by atoms with E-state index in [1.54, 1.807) is 0 Å². The standard InChI is InChI=1S/C16H27NO2/c1-3-11-18-12-13-19-14-16-7-5-15(6-8-16)9-10-17-4-2/h5-8,17H,3-4,9-14H2,1-2H3. The summed E-state index contributed by atoms with van der Waals surface area (Å²) in [6, 6.07) is 8.66. The summed E-state index contributed by atoms with van der Waals surface area (Å²) >= 11 is 0.